The molecule has 0 aromatic heterocycles. The third-order valence-corrected chi connectivity index (χ3v) is 0.984. The fourth-order valence-corrected chi connectivity index (χ4v) is 0.848. The van der Waals surface area contributed by atoms with Crippen molar-refractivity contribution in [1.29, 1.82) is 0 Å². The molecule has 0 aromatic rings. The van der Waals surface area contributed by atoms with Crippen LogP contribution in [0.1, 0.15) is 27.7 Å². The van der Waals surface area contributed by atoms with Crippen LogP contribution in [0.5, 0.6) is 0 Å². The van der Waals surface area contributed by atoms with Gasteiger partial charge in [-0.1, -0.05) is 0 Å². The number of halogens is 1. The Hall–Kier alpha value is -0.150. The van der Waals surface area contributed by atoms with Gasteiger partial charge in [0.05, 0.1) is 18.3 Å². The monoisotopic (exact) mass is 164 g/mol. The van der Waals surface area contributed by atoms with Crippen LogP contribution in [0.15, 0.2) is 0 Å². The number of hydrogen-bond acceptors (Lipinski definition) is 2. The van der Waals surface area contributed by atoms with Crippen molar-refractivity contribution < 1.29 is 13.9 Å². The van der Waals surface area contributed by atoms with E-state index < -0.39 is 6.86 Å². The first-order valence-electron chi connectivity index (χ1n) is 3.77. The topological polar surface area (TPSA) is 18.5 Å². The second-order valence-corrected chi connectivity index (χ2v) is 3.52. The average molecular weight is 164 g/mol. The predicted molar refractivity (Wildman–Crippen MR) is 42.2 cm³/mol. The molecule has 0 rings (SSSR count). The van der Waals surface area contributed by atoms with E-state index in [9.17, 15) is 4.39 Å². The standard InChI is InChI=1S/C8H17FO2/c1-7(5-10-6-9)11-8(2,3)4/h7H,5-6H2,1-4H3/t7-/m0/s1. The van der Waals surface area contributed by atoms with Crippen LogP contribution in [0, 0.1) is 0 Å². The lowest BCUT2D eigenvalue weighted by molar-refractivity contribution is -0.0939. The number of rotatable bonds is 4. The van der Waals surface area contributed by atoms with Gasteiger partial charge in [0.1, 0.15) is 0 Å². The summed E-state index contributed by atoms with van der Waals surface area (Å²) in [6, 6.07) is 0. The molecule has 0 saturated carbocycles. The van der Waals surface area contributed by atoms with Gasteiger partial charge in [-0.25, -0.2) is 4.39 Å². The summed E-state index contributed by atoms with van der Waals surface area (Å²) < 4.78 is 21.5. The minimum absolute atomic E-state index is 0.0502. The molecule has 0 heterocycles. The Morgan fingerprint density at radius 1 is 1.36 bits per heavy atom. The van der Waals surface area contributed by atoms with E-state index in [1.807, 2.05) is 27.7 Å². The summed E-state index contributed by atoms with van der Waals surface area (Å²) >= 11 is 0. The van der Waals surface area contributed by atoms with Crippen LogP contribution in [0.4, 0.5) is 4.39 Å². The van der Waals surface area contributed by atoms with Crippen LogP contribution >= 0.6 is 0 Å². The first-order valence-corrected chi connectivity index (χ1v) is 3.77. The molecule has 1 atom stereocenters. The molecule has 3 heteroatoms. The van der Waals surface area contributed by atoms with Crippen molar-refractivity contribution in [2.75, 3.05) is 13.5 Å². The van der Waals surface area contributed by atoms with E-state index in [4.69, 9.17) is 4.74 Å². The minimum atomic E-state index is -0.738. The Morgan fingerprint density at radius 2 is 1.91 bits per heavy atom. The molecule has 11 heavy (non-hydrogen) atoms. The predicted octanol–water partition coefficient (Wildman–Crippen LogP) is 2.13. The van der Waals surface area contributed by atoms with E-state index in [1.54, 1.807) is 0 Å². The first kappa shape index (κ1) is 10.8. The Balaban J connectivity index is 3.44. The highest BCUT2D eigenvalue weighted by molar-refractivity contribution is 4.62. The van der Waals surface area contributed by atoms with Crippen molar-refractivity contribution >= 4 is 0 Å². The highest BCUT2D eigenvalue weighted by Gasteiger charge is 2.14. The maximum atomic E-state index is 11.5. The van der Waals surface area contributed by atoms with Crippen molar-refractivity contribution in [2.45, 2.75) is 39.4 Å². The normalized spacial score (nSPS) is 15.0. The fraction of sp³-hybridized carbons (Fsp3) is 1.00. The van der Waals surface area contributed by atoms with E-state index in [2.05, 4.69) is 4.74 Å². The van der Waals surface area contributed by atoms with E-state index in [0.29, 0.717) is 6.61 Å². The van der Waals surface area contributed by atoms with Crippen molar-refractivity contribution in [3.8, 4) is 0 Å². The molecular weight excluding hydrogens is 147 g/mol. The van der Waals surface area contributed by atoms with E-state index in [1.165, 1.54) is 0 Å². The Labute approximate surface area is 67.7 Å². The van der Waals surface area contributed by atoms with Gasteiger partial charge in [-0.15, -0.1) is 0 Å². The van der Waals surface area contributed by atoms with Gasteiger partial charge in [0, 0.05) is 0 Å². The maximum absolute atomic E-state index is 11.5. The molecule has 0 aromatic carbocycles. The Morgan fingerprint density at radius 3 is 2.27 bits per heavy atom. The molecule has 2 nitrogen and oxygen atoms in total. The van der Waals surface area contributed by atoms with Gasteiger partial charge in [0.15, 0.2) is 6.86 Å². The van der Waals surface area contributed by atoms with Crippen molar-refractivity contribution in [3.63, 3.8) is 0 Å². The molecule has 0 bridgehead atoms. The van der Waals surface area contributed by atoms with Gasteiger partial charge < -0.3 is 9.47 Å². The van der Waals surface area contributed by atoms with Crippen LogP contribution in [0.2, 0.25) is 0 Å². The molecule has 0 amide bonds. The maximum Gasteiger partial charge on any atom is 0.188 e. The fourth-order valence-electron chi connectivity index (χ4n) is 0.848. The molecule has 0 unspecified atom stereocenters. The quantitative estimate of drug-likeness (QED) is 0.633. The summed E-state index contributed by atoms with van der Waals surface area (Å²) in [7, 11) is 0. The largest absolute Gasteiger partial charge is 0.371 e. The van der Waals surface area contributed by atoms with Crippen molar-refractivity contribution in [1.82, 2.24) is 0 Å². The van der Waals surface area contributed by atoms with Gasteiger partial charge in [0.25, 0.3) is 0 Å². The first-order chi connectivity index (χ1) is 4.95. The lowest BCUT2D eigenvalue weighted by atomic mass is 10.2. The van der Waals surface area contributed by atoms with Gasteiger partial charge in [0.2, 0.25) is 0 Å². The van der Waals surface area contributed by atoms with Gasteiger partial charge in [-0.3, -0.25) is 0 Å². The second-order valence-electron chi connectivity index (χ2n) is 3.52. The van der Waals surface area contributed by atoms with Gasteiger partial charge >= 0.3 is 0 Å². The molecule has 68 valence electrons. The SMILES string of the molecule is C[C@@H](COCF)OC(C)(C)C. The van der Waals surface area contributed by atoms with Crippen LogP contribution in [-0.2, 0) is 9.47 Å². The van der Waals surface area contributed by atoms with E-state index in [0.717, 1.165) is 0 Å². The van der Waals surface area contributed by atoms with Gasteiger partial charge in [-0.2, -0.15) is 0 Å². The summed E-state index contributed by atoms with van der Waals surface area (Å²) in [5, 5.41) is 0. The Bertz CT molecular complexity index is 98.8. The highest BCUT2D eigenvalue weighted by Crippen LogP contribution is 2.10. The van der Waals surface area contributed by atoms with Crippen LogP contribution < -0.4 is 0 Å². The molecular formula is C8H17FO2. The zero-order chi connectivity index (χ0) is 8.91. The number of ether oxygens (including phenoxy) is 2. The summed E-state index contributed by atoms with van der Waals surface area (Å²) in [5.41, 5.74) is -0.181. The van der Waals surface area contributed by atoms with Gasteiger partial charge in [-0.05, 0) is 27.7 Å². The number of hydrogen-bond donors (Lipinski definition) is 0. The molecule has 0 N–H and O–H groups in total. The second kappa shape index (κ2) is 4.67. The summed E-state index contributed by atoms with van der Waals surface area (Å²) in [6.07, 6.45) is -0.0502. The molecule has 0 saturated heterocycles. The molecule has 0 fully saturated rings. The number of alkyl halides is 1. The molecule has 0 radical (unpaired) electrons. The zero-order valence-electron chi connectivity index (χ0n) is 7.69. The smallest absolute Gasteiger partial charge is 0.188 e. The molecule has 0 aliphatic rings. The van der Waals surface area contributed by atoms with Crippen molar-refractivity contribution in [2.24, 2.45) is 0 Å². The van der Waals surface area contributed by atoms with Crippen LogP contribution in [0.3, 0.4) is 0 Å². The summed E-state index contributed by atoms with van der Waals surface area (Å²) in [4.78, 5) is 0. The molecule has 0 aliphatic carbocycles. The zero-order valence-corrected chi connectivity index (χ0v) is 7.69. The summed E-state index contributed by atoms with van der Waals surface area (Å²) in [5.74, 6) is 0. The van der Waals surface area contributed by atoms with Crippen LogP contribution in [-0.4, -0.2) is 25.2 Å². The summed E-state index contributed by atoms with van der Waals surface area (Å²) in [6.45, 7) is 7.31. The highest BCUT2D eigenvalue weighted by atomic mass is 19.1. The van der Waals surface area contributed by atoms with E-state index in [-0.39, 0.29) is 11.7 Å². The Kier molecular flexibility index (Phi) is 4.61. The average Bonchev–Trinajstić information content (AvgIpc) is 1.79. The third kappa shape index (κ3) is 7.75. The minimum Gasteiger partial charge on any atom is -0.371 e. The molecule has 0 aliphatic heterocycles. The third-order valence-electron chi connectivity index (χ3n) is 0.984. The van der Waals surface area contributed by atoms with Crippen molar-refractivity contribution in [3.05, 3.63) is 0 Å². The lowest BCUT2D eigenvalue weighted by Gasteiger charge is -2.24. The lowest BCUT2D eigenvalue weighted by Crippen LogP contribution is -2.28. The van der Waals surface area contributed by atoms with Crippen LogP contribution in [0.25, 0.3) is 0 Å². The van der Waals surface area contributed by atoms with E-state index >= 15 is 0 Å². The molecule has 0 spiro atoms.